The standard InChI is InChI=1S/C11H14BrNO2.C9H9BrN2/c1-3-9(11(14)15-4-2)10-6-5-8(12)7-13-10;1-2-7(5-11)9-4-3-8(10)6-12-9/h5-7,9H,3-4H2,1-2H3;3-4,6-7H,2H2,1H3. The minimum absolute atomic E-state index is 0.0712. The third-order valence-electron chi connectivity index (χ3n) is 3.76. The normalized spacial score (nSPS) is 12.1. The molecule has 0 radical (unpaired) electrons. The van der Waals surface area contributed by atoms with Crippen LogP contribution in [0.25, 0.3) is 0 Å². The lowest BCUT2D eigenvalue weighted by atomic mass is 10.0. The Bertz CT molecular complexity index is 743. The molecule has 0 spiro atoms. The molecule has 0 bridgehead atoms. The van der Waals surface area contributed by atoms with Gasteiger partial charge in [0.15, 0.2) is 0 Å². The van der Waals surface area contributed by atoms with Crippen LogP contribution in [-0.4, -0.2) is 22.5 Å². The first-order chi connectivity index (χ1) is 13.0. The molecule has 0 aliphatic heterocycles. The zero-order valence-electron chi connectivity index (χ0n) is 15.7. The molecule has 27 heavy (non-hydrogen) atoms. The summed E-state index contributed by atoms with van der Waals surface area (Å²) in [5, 5.41) is 8.75. The molecule has 2 heterocycles. The van der Waals surface area contributed by atoms with Crippen molar-refractivity contribution in [3.63, 3.8) is 0 Å². The van der Waals surface area contributed by atoms with Gasteiger partial charge in [0.25, 0.3) is 0 Å². The highest BCUT2D eigenvalue weighted by molar-refractivity contribution is 9.10. The van der Waals surface area contributed by atoms with Gasteiger partial charge in [0, 0.05) is 21.3 Å². The van der Waals surface area contributed by atoms with Crippen LogP contribution in [-0.2, 0) is 9.53 Å². The summed E-state index contributed by atoms with van der Waals surface area (Å²) in [6.45, 7) is 6.15. The molecular weight excluding hydrogens is 474 g/mol. The monoisotopic (exact) mass is 495 g/mol. The van der Waals surface area contributed by atoms with Crippen molar-refractivity contribution < 1.29 is 9.53 Å². The maximum Gasteiger partial charge on any atom is 0.315 e. The fraction of sp³-hybridized carbons (Fsp3) is 0.400. The summed E-state index contributed by atoms with van der Waals surface area (Å²) < 4.78 is 6.84. The van der Waals surface area contributed by atoms with E-state index in [1.807, 2.05) is 38.1 Å². The highest BCUT2D eigenvalue weighted by Gasteiger charge is 2.20. The van der Waals surface area contributed by atoms with Crippen LogP contribution < -0.4 is 0 Å². The van der Waals surface area contributed by atoms with Crippen LogP contribution in [0.15, 0.2) is 45.6 Å². The Morgan fingerprint density at radius 2 is 1.59 bits per heavy atom. The molecule has 2 aromatic rings. The van der Waals surface area contributed by atoms with Crippen LogP contribution in [0.5, 0.6) is 0 Å². The molecule has 144 valence electrons. The quantitative estimate of drug-likeness (QED) is 0.475. The zero-order chi connectivity index (χ0) is 20.2. The van der Waals surface area contributed by atoms with E-state index in [-0.39, 0.29) is 17.8 Å². The van der Waals surface area contributed by atoms with Crippen molar-refractivity contribution in [3.05, 3.63) is 57.0 Å². The maximum absolute atomic E-state index is 11.6. The molecule has 0 aliphatic rings. The first kappa shape index (κ1) is 23.3. The second-order valence-corrected chi connectivity index (χ2v) is 7.44. The molecular formula is C20H23Br2N3O2. The summed E-state index contributed by atoms with van der Waals surface area (Å²) in [6, 6.07) is 9.71. The van der Waals surface area contributed by atoms with Gasteiger partial charge >= 0.3 is 5.97 Å². The average Bonchev–Trinajstić information content (AvgIpc) is 2.67. The Labute approximate surface area is 177 Å². The van der Waals surface area contributed by atoms with Crippen LogP contribution in [0.1, 0.15) is 56.8 Å². The first-order valence-electron chi connectivity index (χ1n) is 8.75. The van der Waals surface area contributed by atoms with Crippen molar-refractivity contribution in [1.29, 1.82) is 5.26 Å². The zero-order valence-corrected chi connectivity index (χ0v) is 18.8. The molecule has 0 aromatic carbocycles. The Hall–Kier alpha value is -1.78. The lowest BCUT2D eigenvalue weighted by molar-refractivity contribution is -0.145. The molecule has 2 aromatic heterocycles. The maximum atomic E-state index is 11.6. The van der Waals surface area contributed by atoms with Crippen LogP contribution in [0.3, 0.4) is 0 Å². The van der Waals surface area contributed by atoms with Gasteiger partial charge in [0.2, 0.25) is 0 Å². The molecule has 2 unspecified atom stereocenters. The molecule has 0 saturated carbocycles. The van der Waals surface area contributed by atoms with Crippen LogP contribution >= 0.6 is 31.9 Å². The number of rotatable bonds is 6. The third-order valence-corrected chi connectivity index (χ3v) is 4.70. The molecule has 7 heteroatoms. The number of aromatic nitrogens is 2. The summed E-state index contributed by atoms with van der Waals surface area (Å²) >= 11 is 6.60. The number of ether oxygens (including phenoxy) is 1. The minimum Gasteiger partial charge on any atom is -0.465 e. The number of hydrogen-bond acceptors (Lipinski definition) is 5. The molecule has 0 N–H and O–H groups in total. The predicted octanol–water partition coefficient (Wildman–Crippen LogP) is 5.76. The van der Waals surface area contributed by atoms with Gasteiger partial charge in [-0.25, -0.2) is 0 Å². The molecule has 0 saturated heterocycles. The van der Waals surface area contributed by atoms with E-state index in [0.29, 0.717) is 13.0 Å². The van der Waals surface area contributed by atoms with Crippen molar-refractivity contribution >= 4 is 37.8 Å². The fourth-order valence-electron chi connectivity index (χ4n) is 2.29. The van der Waals surface area contributed by atoms with Gasteiger partial charge in [0.05, 0.1) is 35.9 Å². The van der Waals surface area contributed by atoms with E-state index in [1.54, 1.807) is 19.3 Å². The number of pyridine rings is 2. The van der Waals surface area contributed by atoms with E-state index in [4.69, 9.17) is 10.00 Å². The number of carbonyl (C=O) groups is 1. The van der Waals surface area contributed by atoms with Crippen molar-refractivity contribution in [2.45, 2.75) is 45.4 Å². The second kappa shape index (κ2) is 12.6. The smallest absolute Gasteiger partial charge is 0.315 e. The largest absolute Gasteiger partial charge is 0.465 e. The van der Waals surface area contributed by atoms with Gasteiger partial charge in [-0.3, -0.25) is 14.8 Å². The Balaban J connectivity index is 0.000000277. The van der Waals surface area contributed by atoms with E-state index < -0.39 is 0 Å². The van der Waals surface area contributed by atoms with Gasteiger partial charge in [-0.15, -0.1) is 0 Å². The van der Waals surface area contributed by atoms with Gasteiger partial charge in [-0.1, -0.05) is 13.8 Å². The summed E-state index contributed by atoms with van der Waals surface area (Å²) in [7, 11) is 0. The molecule has 0 aliphatic carbocycles. The van der Waals surface area contributed by atoms with Crippen molar-refractivity contribution in [1.82, 2.24) is 9.97 Å². The number of esters is 1. The number of nitriles is 1. The van der Waals surface area contributed by atoms with Gasteiger partial charge in [0.1, 0.15) is 0 Å². The van der Waals surface area contributed by atoms with E-state index >= 15 is 0 Å². The van der Waals surface area contributed by atoms with Crippen LogP contribution in [0, 0.1) is 11.3 Å². The predicted molar refractivity (Wildman–Crippen MR) is 112 cm³/mol. The molecule has 5 nitrogen and oxygen atoms in total. The number of carbonyl (C=O) groups excluding carboxylic acids is 1. The lowest BCUT2D eigenvalue weighted by Crippen LogP contribution is -2.16. The van der Waals surface area contributed by atoms with E-state index in [0.717, 1.165) is 26.8 Å². The molecule has 0 fully saturated rings. The minimum atomic E-state index is -0.252. The number of hydrogen-bond donors (Lipinski definition) is 0. The highest BCUT2D eigenvalue weighted by atomic mass is 79.9. The summed E-state index contributed by atoms with van der Waals surface area (Å²) in [5.41, 5.74) is 1.61. The molecule has 2 rings (SSSR count). The number of halogens is 2. The summed E-state index contributed by atoms with van der Waals surface area (Å²) in [6.07, 6.45) is 4.92. The van der Waals surface area contributed by atoms with E-state index in [9.17, 15) is 4.79 Å². The van der Waals surface area contributed by atoms with Crippen molar-refractivity contribution in [2.75, 3.05) is 6.61 Å². The van der Waals surface area contributed by atoms with Crippen LogP contribution in [0.4, 0.5) is 0 Å². The Morgan fingerprint density at radius 1 is 1.04 bits per heavy atom. The first-order valence-corrected chi connectivity index (χ1v) is 10.3. The SMILES string of the molecule is CCC(C#N)c1ccc(Br)cn1.CCOC(=O)C(CC)c1ccc(Br)cn1. The third kappa shape index (κ3) is 7.77. The topological polar surface area (TPSA) is 75.9 Å². The Kier molecular flexibility index (Phi) is 10.8. The van der Waals surface area contributed by atoms with E-state index in [1.165, 1.54) is 0 Å². The average molecular weight is 497 g/mol. The van der Waals surface area contributed by atoms with Crippen molar-refractivity contribution in [2.24, 2.45) is 0 Å². The Morgan fingerprint density at radius 3 is 1.96 bits per heavy atom. The molecule has 2 atom stereocenters. The van der Waals surface area contributed by atoms with Crippen molar-refractivity contribution in [3.8, 4) is 6.07 Å². The fourth-order valence-corrected chi connectivity index (χ4v) is 2.76. The summed E-state index contributed by atoms with van der Waals surface area (Å²) in [4.78, 5) is 19.9. The number of nitrogens with zero attached hydrogens (tertiary/aromatic N) is 3. The lowest BCUT2D eigenvalue weighted by Gasteiger charge is -2.12. The van der Waals surface area contributed by atoms with Gasteiger partial charge in [-0.2, -0.15) is 5.26 Å². The van der Waals surface area contributed by atoms with Crippen LogP contribution in [0.2, 0.25) is 0 Å². The van der Waals surface area contributed by atoms with E-state index in [2.05, 4.69) is 47.9 Å². The molecule has 0 amide bonds. The van der Waals surface area contributed by atoms with Gasteiger partial charge < -0.3 is 4.74 Å². The van der Waals surface area contributed by atoms with Gasteiger partial charge in [-0.05, 0) is 75.9 Å². The second-order valence-electron chi connectivity index (χ2n) is 5.61. The summed E-state index contributed by atoms with van der Waals surface area (Å²) in [5.74, 6) is -0.522. The highest BCUT2D eigenvalue weighted by Crippen LogP contribution is 2.20.